The Morgan fingerprint density at radius 2 is 1.66 bits per heavy atom. The third-order valence-electron chi connectivity index (χ3n) is 5.43. The summed E-state index contributed by atoms with van der Waals surface area (Å²) in [5.41, 5.74) is 2.79. The molecule has 2 heterocycles. The molecule has 0 spiro atoms. The van der Waals surface area contributed by atoms with E-state index in [0.29, 0.717) is 5.56 Å². The van der Waals surface area contributed by atoms with Crippen molar-refractivity contribution in [2.24, 2.45) is 0 Å². The van der Waals surface area contributed by atoms with E-state index in [1.807, 2.05) is 67.3 Å². The van der Waals surface area contributed by atoms with Gasteiger partial charge in [-0.3, -0.25) is 9.69 Å². The quantitative estimate of drug-likeness (QED) is 0.527. The average molecular weight is 452 g/mol. The lowest BCUT2D eigenvalue weighted by Gasteiger charge is -2.34. The zero-order valence-electron chi connectivity index (χ0n) is 18.8. The van der Waals surface area contributed by atoms with Crippen molar-refractivity contribution in [2.75, 3.05) is 33.3 Å². The van der Waals surface area contributed by atoms with Gasteiger partial charge in [-0.1, -0.05) is 0 Å². The average Bonchev–Trinajstić information content (AvgIpc) is 3.28. The number of aromatic nitrogens is 1. The summed E-state index contributed by atoms with van der Waals surface area (Å²) in [6.45, 7) is 7.92. The summed E-state index contributed by atoms with van der Waals surface area (Å²) >= 11 is 1.68. The smallest absolute Gasteiger partial charge is 0.253 e. The van der Waals surface area contributed by atoms with E-state index in [4.69, 9.17) is 14.5 Å². The van der Waals surface area contributed by atoms with Gasteiger partial charge in [0.05, 0.1) is 25.5 Å². The van der Waals surface area contributed by atoms with Crippen LogP contribution in [0.1, 0.15) is 29.2 Å². The first kappa shape index (κ1) is 22.3. The van der Waals surface area contributed by atoms with Gasteiger partial charge in [-0.15, -0.1) is 11.3 Å². The largest absolute Gasteiger partial charge is 0.497 e. The Balaban J connectivity index is 1.29. The molecule has 0 N–H and O–H groups in total. The molecule has 1 aliphatic heterocycles. The Kier molecular flexibility index (Phi) is 7.07. The van der Waals surface area contributed by atoms with Gasteiger partial charge in [0.1, 0.15) is 16.5 Å². The number of ether oxygens (including phenoxy) is 2. The minimum absolute atomic E-state index is 0.0804. The fourth-order valence-electron chi connectivity index (χ4n) is 3.71. The molecule has 0 bridgehead atoms. The molecule has 6 nitrogen and oxygen atoms in total. The summed E-state index contributed by atoms with van der Waals surface area (Å²) in [4.78, 5) is 21.9. The van der Waals surface area contributed by atoms with Gasteiger partial charge in [-0.2, -0.15) is 0 Å². The number of carbonyl (C=O) groups excluding carboxylic acids is 1. The summed E-state index contributed by atoms with van der Waals surface area (Å²) < 4.78 is 10.9. The van der Waals surface area contributed by atoms with Crippen LogP contribution in [0.3, 0.4) is 0 Å². The van der Waals surface area contributed by atoms with Gasteiger partial charge < -0.3 is 14.4 Å². The van der Waals surface area contributed by atoms with E-state index >= 15 is 0 Å². The predicted octanol–water partition coefficient (Wildman–Crippen LogP) is 4.56. The highest BCUT2D eigenvalue weighted by molar-refractivity contribution is 7.09. The fourth-order valence-corrected chi connectivity index (χ4v) is 4.55. The molecule has 3 aromatic rings. The maximum absolute atomic E-state index is 12.9. The topological polar surface area (TPSA) is 54.9 Å². The summed E-state index contributed by atoms with van der Waals surface area (Å²) in [7, 11) is 1.67. The zero-order valence-corrected chi connectivity index (χ0v) is 19.6. The first-order valence-electron chi connectivity index (χ1n) is 10.9. The number of methoxy groups -OCH3 is 1. The first-order valence-corrected chi connectivity index (χ1v) is 11.8. The molecule has 7 heteroatoms. The van der Waals surface area contributed by atoms with Crippen LogP contribution < -0.4 is 9.47 Å². The molecule has 32 heavy (non-hydrogen) atoms. The Morgan fingerprint density at radius 3 is 2.28 bits per heavy atom. The predicted molar refractivity (Wildman–Crippen MR) is 127 cm³/mol. The fraction of sp³-hybridized carbons (Fsp3) is 0.360. The highest BCUT2D eigenvalue weighted by atomic mass is 32.1. The summed E-state index contributed by atoms with van der Waals surface area (Å²) in [6.07, 6.45) is 0.120. The highest BCUT2D eigenvalue weighted by Crippen LogP contribution is 2.25. The number of thiazole rings is 1. The van der Waals surface area contributed by atoms with Crippen LogP contribution in [0.15, 0.2) is 53.9 Å². The second-order valence-electron chi connectivity index (χ2n) is 8.11. The molecule has 1 amide bonds. The SMILES string of the molecule is COc1ccc(-c2csc(CN3CCN(C(=O)c4ccc(OC(C)C)cc4)CC3)n2)cc1. The molecule has 1 aliphatic rings. The molecule has 4 rings (SSSR count). The summed E-state index contributed by atoms with van der Waals surface area (Å²) in [5.74, 6) is 1.71. The molecule has 2 aromatic carbocycles. The van der Waals surface area contributed by atoms with E-state index in [1.54, 1.807) is 18.4 Å². The standard InChI is InChI=1S/C25H29N3O3S/c1-18(2)31-22-10-6-20(7-11-22)25(29)28-14-12-27(13-15-28)16-24-26-23(17-32-24)19-4-8-21(30-3)9-5-19/h4-11,17-18H,12-16H2,1-3H3. The van der Waals surface area contributed by atoms with E-state index in [1.165, 1.54) is 0 Å². The van der Waals surface area contributed by atoms with Crippen molar-refractivity contribution < 1.29 is 14.3 Å². The molecule has 0 unspecified atom stereocenters. The molecule has 0 radical (unpaired) electrons. The van der Waals surface area contributed by atoms with Crippen molar-refractivity contribution in [1.82, 2.24) is 14.8 Å². The second-order valence-corrected chi connectivity index (χ2v) is 9.06. The van der Waals surface area contributed by atoms with Crippen molar-refractivity contribution >= 4 is 17.2 Å². The van der Waals surface area contributed by atoms with Gasteiger partial charge in [0.25, 0.3) is 5.91 Å². The maximum Gasteiger partial charge on any atom is 0.253 e. The Hall–Kier alpha value is -2.90. The van der Waals surface area contributed by atoms with Gasteiger partial charge in [0, 0.05) is 42.7 Å². The van der Waals surface area contributed by atoms with E-state index < -0.39 is 0 Å². The molecule has 1 fully saturated rings. The Bertz CT molecular complexity index is 1020. The van der Waals surface area contributed by atoms with Crippen LogP contribution in [0.25, 0.3) is 11.3 Å². The second kappa shape index (κ2) is 10.1. The van der Waals surface area contributed by atoms with Crippen molar-refractivity contribution in [2.45, 2.75) is 26.5 Å². The van der Waals surface area contributed by atoms with Crippen LogP contribution in [0.4, 0.5) is 0 Å². The number of benzene rings is 2. The lowest BCUT2D eigenvalue weighted by molar-refractivity contribution is 0.0628. The molecular formula is C25H29N3O3S. The molecular weight excluding hydrogens is 422 g/mol. The highest BCUT2D eigenvalue weighted by Gasteiger charge is 2.23. The van der Waals surface area contributed by atoms with Gasteiger partial charge in [-0.25, -0.2) is 4.98 Å². The van der Waals surface area contributed by atoms with Crippen LogP contribution in [0.2, 0.25) is 0 Å². The van der Waals surface area contributed by atoms with Crippen molar-refractivity contribution in [3.63, 3.8) is 0 Å². The first-order chi connectivity index (χ1) is 15.5. The molecule has 0 aliphatic carbocycles. The number of hydrogen-bond acceptors (Lipinski definition) is 6. The van der Waals surface area contributed by atoms with E-state index in [9.17, 15) is 4.79 Å². The number of amides is 1. The minimum Gasteiger partial charge on any atom is -0.497 e. The van der Waals surface area contributed by atoms with E-state index in [-0.39, 0.29) is 12.0 Å². The number of rotatable bonds is 7. The van der Waals surface area contributed by atoms with Crippen molar-refractivity contribution in [1.29, 1.82) is 0 Å². The molecule has 0 atom stereocenters. The lowest BCUT2D eigenvalue weighted by atomic mass is 10.1. The Labute approximate surface area is 193 Å². The molecule has 1 aromatic heterocycles. The number of nitrogens with zero attached hydrogens (tertiary/aromatic N) is 3. The number of hydrogen-bond donors (Lipinski definition) is 0. The van der Waals surface area contributed by atoms with Gasteiger partial charge in [0.2, 0.25) is 0 Å². The molecule has 0 saturated carbocycles. The molecule has 1 saturated heterocycles. The van der Waals surface area contributed by atoms with E-state index in [2.05, 4.69) is 10.3 Å². The van der Waals surface area contributed by atoms with Gasteiger partial charge >= 0.3 is 0 Å². The van der Waals surface area contributed by atoms with Crippen LogP contribution in [-0.2, 0) is 6.54 Å². The van der Waals surface area contributed by atoms with Crippen LogP contribution >= 0.6 is 11.3 Å². The Morgan fingerprint density at radius 1 is 1.00 bits per heavy atom. The lowest BCUT2D eigenvalue weighted by Crippen LogP contribution is -2.48. The van der Waals surface area contributed by atoms with Crippen LogP contribution in [-0.4, -0.2) is 60.1 Å². The van der Waals surface area contributed by atoms with Gasteiger partial charge in [0.15, 0.2) is 0 Å². The summed E-state index contributed by atoms with van der Waals surface area (Å²) in [6, 6.07) is 15.4. The number of piperazine rings is 1. The summed E-state index contributed by atoms with van der Waals surface area (Å²) in [5, 5.41) is 3.19. The number of carbonyl (C=O) groups is 1. The zero-order chi connectivity index (χ0) is 22.5. The third kappa shape index (κ3) is 5.47. The van der Waals surface area contributed by atoms with Gasteiger partial charge in [-0.05, 0) is 62.4 Å². The monoisotopic (exact) mass is 451 g/mol. The third-order valence-corrected chi connectivity index (χ3v) is 6.26. The normalized spacial score (nSPS) is 14.6. The molecule has 168 valence electrons. The van der Waals surface area contributed by atoms with E-state index in [0.717, 1.165) is 60.5 Å². The van der Waals surface area contributed by atoms with Crippen molar-refractivity contribution in [3.05, 3.63) is 64.5 Å². The maximum atomic E-state index is 12.9. The van der Waals surface area contributed by atoms with Crippen LogP contribution in [0, 0.1) is 0 Å². The van der Waals surface area contributed by atoms with Crippen molar-refractivity contribution in [3.8, 4) is 22.8 Å². The minimum atomic E-state index is 0.0804. The van der Waals surface area contributed by atoms with Crippen LogP contribution in [0.5, 0.6) is 11.5 Å².